The minimum Gasteiger partial charge on any atom is -0.385 e. The molecule has 1 N–H and O–H groups in total. The zero-order valence-corrected chi connectivity index (χ0v) is 9.35. The van der Waals surface area contributed by atoms with Crippen LogP contribution in [-0.2, 0) is 0 Å². The van der Waals surface area contributed by atoms with Crippen molar-refractivity contribution in [2.24, 2.45) is 0 Å². The highest BCUT2D eigenvalue weighted by Crippen LogP contribution is 2.18. The van der Waals surface area contributed by atoms with Crippen LogP contribution < -0.4 is 5.32 Å². The zero-order chi connectivity index (χ0) is 11.2. The van der Waals surface area contributed by atoms with Gasteiger partial charge in [0.15, 0.2) is 0 Å². The highest BCUT2D eigenvalue weighted by atomic mass is 14.9. The molecule has 0 aromatic carbocycles. The van der Waals surface area contributed by atoms with Crippen molar-refractivity contribution in [1.29, 1.82) is 0 Å². The maximum absolute atomic E-state index is 4.35. The monoisotopic (exact) mass is 213 g/mol. The van der Waals surface area contributed by atoms with Crippen molar-refractivity contribution in [3.63, 3.8) is 0 Å². The molecule has 0 fully saturated rings. The molecule has 0 atom stereocenters. The second-order valence-electron chi connectivity index (χ2n) is 3.59. The number of anilines is 1. The summed E-state index contributed by atoms with van der Waals surface area (Å²) in [5, 5.41) is 3.35. The van der Waals surface area contributed by atoms with Crippen molar-refractivity contribution in [3.05, 3.63) is 42.9 Å². The van der Waals surface area contributed by atoms with Crippen molar-refractivity contribution < 1.29 is 0 Å². The lowest BCUT2D eigenvalue weighted by Crippen LogP contribution is -1.99. The van der Waals surface area contributed by atoms with Gasteiger partial charge in [-0.1, -0.05) is 6.92 Å². The minimum atomic E-state index is 0.975. The Kier molecular flexibility index (Phi) is 3.49. The third kappa shape index (κ3) is 2.57. The van der Waals surface area contributed by atoms with Gasteiger partial charge < -0.3 is 5.32 Å². The van der Waals surface area contributed by atoms with Crippen LogP contribution in [0.25, 0.3) is 11.3 Å². The molecule has 3 nitrogen and oxygen atoms in total. The van der Waals surface area contributed by atoms with Gasteiger partial charge in [-0.3, -0.25) is 9.97 Å². The second-order valence-corrected chi connectivity index (χ2v) is 3.59. The van der Waals surface area contributed by atoms with Crippen molar-refractivity contribution in [3.8, 4) is 11.3 Å². The average Bonchev–Trinajstić information content (AvgIpc) is 2.38. The maximum Gasteiger partial charge on any atom is 0.0723 e. The molecular weight excluding hydrogens is 198 g/mol. The number of rotatable bonds is 4. The van der Waals surface area contributed by atoms with Gasteiger partial charge in [0.05, 0.1) is 5.69 Å². The molecule has 0 radical (unpaired) electrons. The molecule has 16 heavy (non-hydrogen) atoms. The first-order valence-corrected chi connectivity index (χ1v) is 5.50. The molecule has 0 aliphatic heterocycles. The predicted octanol–water partition coefficient (Wildman–Crippen LogP) is 2.97. The number of aromatic nitrogens is 2. The van der Waals surface area contributed by atoms with Crippen LogP contribution in [0.1, 0.15) is 13.3 Å². The van der Waals surface area contributed by atoms with Gasteiger partial charge >= 0.3 is 0 Å². The molecule has 3 heteroatoms. The SMILES string of the molecule is CCCNc1ccnc(-c2ccncc2)c1. The van der Waals surface area contributed by atoms with Gasteiger partial charge in [-0.05, 0) is 30.7 Å². The molecule has 0 unspecified atom stereocenters. The summed E-state index contributed by atoms with van der Waals surface area (Å²) in [6.45, 7) is 3.14. The lowest BCUT2D eigenvalue weighted by molar-refractivity contribution is 0.979. The van der Waals surface area contributed by atoms with Crippen LogP contribution in [0.3, 0.4) is 0 Å². The predicted molar refractivity (Wildman–Crippen MR) is 66.2 cm³/mol. The van der Waals surface area contributed by atoms with Gasteiger partial charge in [0.1, 0.15) is 0 Å². The normalized spacial score (nSPS) is 10.1. The second kappa shape index (κ2) is 5.26. The first-order chi connectivity index (χ1) is 7.90. The molecule has 2 heterocycles. The summed E-state index contributed by atoms with van der Waals surface area (Å²) in [6.07, 6.45) is 6.51. The van der Waals surface area contributed by atoms with E-state index in [4.69, 9.17) is 0 Å². The first kappa shape index (κ1) is 10.6. The van der Waals surface area contributed by atoms with Crippen LogP contribution in [0.4, 0.5) is 5.69 Å². The largest absolute Gasteiger partial charge is 0.385 e. The summed E-state index contributed by atoms with van der Waals surface area (Å²) in [4.78, 5) is 8.35. The molecule has 2 aromatic rings. The molecule has 0 aliphatic carbocycles. The Bertz CT molecular complexity index is 440. The smallest absolute Gasteiger partial charge is 0.0723 e. The molecule has 82 valence electrons. The van der Waals surface area contributed by atoms with Crippen LogP contribution in [0.15, 0.2) is 42.9 Å². The van der Waals surface area contributed by atoms with E-state index in [9.17, 15) is 0 Å². The van der Waals surface area contributed by atoms with E-state index < -0.39 is 0 Å². The number of nitrogens with one attached hydrogen (secondary N) is 1. The van der Waals surface area contributed by atoms with Gasteiger partial charge in [0.25, 0.3) is 0 Å². The van der Waals surface area contributed by atoms with Gasteiger partial charge in [0, 0.05) is 36.4 Å². The third-order valence-electron chi connectivity index (χ3n) is 2.32. The number of nitrogens with zero attached hydrogens (tertiary/aromatic N) is 2. The quantitative estimate of drug-likeness (QED) is 0.848. The van der Waals surface area contributed by atoms with Crippen molar-refractivity contribution in [1.82, 2.24) is 9.97 Å². The number of hydrogen-bond donors (Lipinski definition) is 1. The molecule has 0 amide bonds. The summed E-state index contributed by atoms with van der Waals surface area (Å²) in [5.74, 6) is 0. The molecule has 2 rings (SSSR count). The Morgan fingerprint density at radius 3 is 2.69 bits per heavy atom. The molecule has 0 aliphatic rings. The fourth-order valence-corrected chi connectivity index (χ4v) is 1.49. The van der Waals surface area contributed by atoms with Gasteiger partial charge in [-0.2, -0.15) is 0 Å². The van der Waals surface area contributed by atoms with Crippen LogP contribution in [0.5, 0.6) is 0 Å². The van der Waals surface area contributed by atoms with Crippen molar-refractivity contribution in [2.75, 3.05) is 11.9 Å². The Balaban J connectivity index is 2.22. The van der Waals surface area contributed by atoms with Gasteiger partial charge in [-0.25, -0.2) is 0 Å². The fraction of sp³-hybridized carbons (Fsp3) is 0.231. The minimum absolute atomic E-state index is 0.975. The molecule has 2 aromatic heterocycles. The van der Waals surface area contributed by atoms with E-state index in [1.807, 2.05) is 24.4 Å². The third-order valence-corrected chi connectivity index (χ3v) is 2.32. The molecule has 0 saturated heterocycles. The molecule has 0 spiro atoms. The lowest BCUT2D eigenvalue weighted by Gasteiger charge is -2.06. The number of pyridine rings is 2. The fourth-order valence-electron chi connectivity index (χ4n) is 1.49. The topological polar surface area (TPSA) is 37.8 Å². The van der Waals surface area contributed by atoms with E-state index in [1.165, 1.54) is 0 Å². The van der Waals surface area contributed by atoms with E-state index >= 15 is 0 Å². The Morgan fingerprint density at radius 2 is 1.94 bits per heavy atom. The van der Waals surface area contributed by atoms with E-state index in [0.29, 0.717) is 0 Å². The summed E-state index contributed by atoms with van der Waals surface area (Å²) in [7, 11) is 0. The Labute approximate surface area is 95.6 Å². The molecule has 0 bridgehead atoms. The number of hydrogen-bond acceptors (Lipinski definition) is 3. The highest BCUT2D eigenvalue weighted by Gasteiger charge is 1.99. The average molecular weight is 213 g/mol. The van der Waals surface area contributed by atoms with E-state index in [2.05, 4.69) is 28.3 Å². The lowest BCUT2D eigenvalue weighted by atomic mass is 10.1. The highest BCUT2D eigenvalue weighted by molar-refractivity contribution is 5.63. The maximum atomic E-state index is 4.35. The van der Waals surface area contributed by atoms with E-state index in [0.717, 1.165) is 29.9 Å². The van der Waals surface area contributed by atoms with Crippen molar-refractivity contribution >= 4 is 5.69 Å². The standard InChI is InChI=1S/C13H15N3/c1-2-6-15-12-5-9-16-13(10-12)11-3-7-14-8-4-11/h3-5,7-10H,2,6H2,1H3,(H,15,16). The van der Waals surface area contributed by atoms with Gasteiger partial charge in [0.2, 0.25) is 0 Å². The zero-order valence-electron chi connectivity index (χ0n) is 9.35. The van der Waals surface area contributed by atoms with Crippen LogP contribution in [0.2, 0.25) is 0 Å². The molecule has 0 saturated carbocycles. The summed E-state index contributed by atoms with van der Waals surface area (Å²) >= 11 is 0. The van der Waals surface area contributed by atoms with Crippen LogP contribution >= 0.6 is 0 Å². The Hall–Kier alpha value is -1.90. The van der Waals surface area contributed by atoms with E-state index in [-0.39, 0.29) is 0 Å². The Morgan fingerprint density at radius 1 is 1.12 bits per heavy atom. The summed E-state index contributed by atoms with van der Waals surface area (Å²) in [5.41, 5.74) is 3.18. The van der Waals surface area contributed by atoms with Crippen LogP contribution in [-0.4, -0.2) is 16.5 Å². The van der Waals surface area contributed by atoms with Gasteiger partial charge in [-0.15, -0.1) is 0 Å². The summed E-state index contributed by atoms with van der Waals surface area (Å²) < 4.78 is 0. The molecular formula is C13H15N3. The first-order valence-electron chi connectivity index (χ1n) is 5.50. The van der Waals surface area contributed by atoms with Crippen LogP contribution in [0, 0.1) is 0 Å². The summed E-state index contributed by atoms with van der Waals surface area (Å²) in [6, 6.07) is 7.98. The van der Waals surface area contributed by atoms with E-state index in [1.54, 1.807) is 12.4 Å². The van der Waals surface area contributed by atoms with Crippen molar-refractivity contribution in [2.45, 2.75) is 13.3 Å².